The summed E-state index contributed by atoms with van der Waals surface area (Å²) in [5.74, 6) is 0.0854. The van der Waals surface area contributed by atoms with E-state index in [0.29, 0.717) is 13.0 Å². The van der Waals surface area contributed by atoms with E-state index >= 15 is 0 Å². The summed E-state index contributed by atoms with van der Waals surface area (Å²) in [4.78, 5) is 14.0. The van der Waals surface area contributed by atoms with Gasteiger partial charge in [0.2, 0.25) is 5.91 Å². The highest BCUT2D eigenvalue weighted by Gasteiger charge is 2.21. The highest BCUT2D eigenvalue weighted by molar-refractivity contribution is 5.77. The molecule has 0 aliphatic heterocycles. The summed E-state index contributed by atoms with van der Waals surface area (Å²) in [5.41, 5.74) is 3.51. The normalized spacial score (nSPS) is 12.0. The van der Waals surface area contributed by atoms with Crippen LogP contribution in [0.4, 0.5) is 0 Å². The summed E-state index contributed by atoms with van der Waals surface area (Å²) < 4.78 is 0. The zero-order valence-electron chi connectivity index (χ0n) is 13.2. The minimum absolute atomic E-state index is 0.0113. The first-order valence-corrected chi connectivity index (χ1v) is 7.58. The maximum absolute atomic E-state index is 12.4. The minimum Gasteiger partial charge on any atom is -0.395 e. The molecule has 0 aliphatic rings. The topological polar surface area (TPSA) is 40.5 Å². The lowest BCUT2D eigenvalue weighted by molar-refractivity contribution is -0.130. The molecule has 0 aromatic heterocycles. The molecule has 0 aliphatic carbocycles. The van der Waals surface area contributed by atoms with Gasteiger partial charge in [-0.1, -0.05) is 54.6 Å². The number of benzene rings is 2. The number of carbonyl (C=O) groups excluding carboxylic acids is 1. The van der Waals surface area contributed by atoms with Crippen LogP contribution in [-0.2, 0) is 4.79 Å². The maximum Gasteiger partial charge on any atom is 0.223 e. The van der Waals surface area contributed by atoms with Crippen molar-refractivity contribution in [2.24, 2.45) is 0 Å². The zero-order chi connectivity index (χ0) is 15.9. The van der Waals surface area contributed by atoms with Gasteiger partial charge in [-0.3, -0.25) is 4.79 Å². The number of rotatable bonds is 6. The van der Waals surface area contributed by atoms with E-state index in [2.05, 4.69) is 31.2 Å². The quantitative estimate of drug-likeness (QED) is 0.890. The van der Waals surface area contributed by atoms with E-state index in [4.69, 9.17) is 5.11 Å². The van der Waals surface area contributed by atoms with Crippen LogP contribution in [0.2, 0.25) is 0 Å². The van der Waals surface area contributed by atoms with Crippen molar-refractivity contribution in [2.45, 2.75) is 19.3 Å². The van der Waals surface area contributed by atoms with Crippen molar-refractivity contribution in [1.82, 2.24) is 4.90 Å². The Balaban J connectivity index is 2.31. The van der Waals surface area contributed by atoms with Crippen molar-refractivity contribution in [2.75, 3.05) is 20.2 Å². The summed E-state index contributed by atoms with van der Waals surface area (Å²) in [6, 6.07) is 18.3. The Morgan fingerprint density at radius 2 is 1.73 bits per heavy atom. The lowest BCUT2D eigenvalue weighted by Gasteiger charge is -2.23. The Morgan fingerprint density at radius 3 is 2.36 bits per heavy atom. The number of aliphatic hydroxyl groups excluding tert-OH is 1. The maximum atomic E-state index is 12.4. The molecule has 116 valence electrons. The summed E-state index contributed by atoms with van der Waals surface area (Å²) in [6.45, 7) is 2.43. The molecule has 0 saturated heterocycles. The van der Waals surface area contributed by atoms with Crippen LogP contribution in [0.25, 0.3) is 0 Å². The first-order chi connectivity index (χ1) is 10.6. The van der Waals surface area contributed by atoms with Crippen molar-refractivity contribution in [3.05, 3.63) is 71.3 Å². The molecular weight excluding hydrogens is 274 g/mol. The standard InChI is InChI=1S/C19H23NO2/c1-15-8-6-7-11-17(15)18(16-9-4-3-5-10-16)14-19(22)20(2)12-13-21/h3-11,18,21H,12-14H2,1-2H3/t18-/m1/s1. The Kier molecular flexibility index (Phi) is 5.73. The number of hydrogen-bond acceptors (Lipinski definition) is 2. The molecule has 1 N–H and O–H groups in total. The van der Waals surface area contributed by atoms with Crippen LogP contribution in [0.3, 0.4) is 0 Å². The Hall–Kier alpha value is -2.13. The fourth-order valence-corrected chi connectivity index (χ4v) is 2.68. The molecule has 0 spiro atoms. The Morgan fingerprint density at radius 1 is 1.09 bits per heavy atom. The predicted octanol–water partition coefficient (Wildman–Crippen LogP) is 2.97. The van der Waals surface area contributed by atoms with Crippen LogP contribution < -0.4 is 0 Å². The van der Waals surface area contributed by atoms with Crippen molar-refractivity contribution < 1.29 is 9.90 Å². The van der Waals surface area contributed by atoms with Crippen LogP contribution in [0, 0.1) is 6.92 Å². The van der Waals surface area contributed by atoms with Crippen molar-refractivity contribution in [3.63, 3.8) is 0 Å². The molecular formula is C19H23NO2. The monoisotopic (exact) mass is 297 g/mol. The second kappa shape index (κ2) is 7.76. The Labute approximate surface area is 132 Å². The van der Waals surface area contributed by atoms with Crippen LogP contribution in [0.1, 0.15) is 29.0 Å². The summed E-state index contributed by atoms with van der Waals surface area (Å²) in [6.07, 6.45) is 0.408. The van der Waals surface area contributed by atoms with Crippen molar-refractivity contribution in [1.29, 1.82) is 0 Å². The van der Waals surface area contributed by atoms with Gasteiger partial charge in [0.05, 0.1) is 6.61 Å². The van der Waals surface area contributed by atoms with Gasteiger partial charge in [0.1, 0.15) is 0 Å². The fraction of sp³-hybridized carbons (Fsp3) is 0.316. The number of amides is 1. The van der Waals surface area contributed by atoms with Crippen LogP contribution in [0.15, 0.2) is 54.6 Å². The van der Waals surface area contributed by atoms with Gasteiger partial charge in [0.25, 0.3) is 0 Å². The lowest BCUT2D eigenvalue weighted by Crippen LogP contribution is -2.30. The molecule has 2 aromatic rings. The molecule has 0 bridgehead atoms. The minimum atomic E-state index is -0.0113. The first-order valence-electron chi connectivity index (χ1n) is 7.58. The smallest absolute Gasteiger partial charge is 0.223 e. The molecule has 22 heavy (non-hydrogen) atoms. The van der Waals surface area contributed by atoms with Gasteiger partial charge in [-0.2, -0.15) is 0 Å². The number of carbonyl (C=O) groups is 1. The number of nitrogens with zero attached hydrogens (tertiary/aromatic N) is 1. The van der Waals surface area contributed by atoms with E-state index in [9.17, 15) is 4.79 Å². The summed E-state index contributed by atoms with van der Waals surface area (Å²) >= 11 is 0. The van der Waals surface area contributed by atoms with Crippen LogP contribution in [-0.4, -0.2) is 36.1 Å². The molecule has 0 heterocycles. The molecule has 2 aromatic carbocycles. The molecule has 3 heteroatoms. The van der Waals surface area contributed by atoms with Gasteiger partial charge in [-0.15, -0.1) is 0 Å². The van der Waals surface area contributed by atoms with Gasteiger partial charge in [0, 0.05) is 25.9 Å². The van der Waals surface area contributed by atoms with Crippen molar-refractivity contribution in [3.8, 4) is 0 Å². The number of aliphatic hydroxyl groups is 1. The molecule has 0 radical (unpaired) electrons. The van der Waals surface area contributed by atoms with Gasteiger partial charge in [0.15, 0.2) is 0 Å². The molecule has 0 unspecified atom stereocenters. The second-order valence-corrected chi connectivity index (χ2v) is 5.56. The third kappa shape index (κ3) is 3.95. The van der Waals surface area contributed by atoms with Gasteiger partial charge >= 0.3 is 0 Å². The summed E-state index contributed by atoms with van der Waals surface area (Å²) in [5, 5.41) is 9.00. The summed E-state index contributed by atoms with van der Waals surface area (Å²) in [7, 11) is 1.73. The highest BCUT2D eigenvalue weighted by atomic mass is 16.3. The highest BCUT2D eigenvalue weighted by Crippen LogP contribution is 2.30. The molecule has 1 amide bonds. The lowest BCUT2D eigenvalue weighted by atomic mass is 9.86. The predicted molar refractivity (Wildman–Crippen MR) is 88.8 cm³/mol. The average Bonchev–Trinajstić information content (AvgIpc) is 2.54. The van der Waals surface area contributed by atoms with E-state index in [1.54, 1.807) is 11.9 Å². The zero-order valence-corrected chi connectivity index (χ0v) is 13.2. The molecule has 1 atom stereocenters. The number of hydrogen-bond donors (Lipinski definition) is 1. The first kappa shape index (κ1) is 16.2. The van der Waals surface area contributed by atoms with Gasteiger partial charge in [-0.25, -0.2) is 0 Å². The molecule has 2 rings (SSSR count). The van der Waals surface area contributed by atoms with Crippen LogP contribution in [0.5, 0.6) is 0 Å². The molecule has 0 fully saturated rings. The average molecular weight is 297 g/mol. The van der Waals surface area contributed by atoms with E-state index in [1.165, 1.54) is 11.1 Å². The van der Waals surface area contributed by atoms with Crippen molar-refractivity contribution >= 4 is 5.91 Å². The number of aryl methyl sites for hydroxylation is 1. The van der Waals surface area contributed by atoms with E-state index < -0.39 is 0 Å². The second-order valence-electron chi connectivity index (χ2n) is 5.56. The van der Waals surface area contributed by atoms with Gasteiger partial charge in [-0.05, 0) is 23.6 Å². The fourth-order valence-electron chi connectivity index (χ4n) is 2.68. The molecule has 3 nitrogen and oxygen atoms in total. The van der Waals surface area contributed by atoms with Crippen LogP contribution >= 0.6 is 0 Å². The molecule has 0 saturated carbocycles. The SMILES string of the molecule is Cc1ccccc1[C@H](CC(=O)N(C)CCO)c1ccccc1. The van der Waals surface area contributed by atoms with E-state index in [0.717, 1.165) is 5.56 Å². The van der Waals surface area contributed by atoms with Gasteiger partial charge < -0.3 is 10.0 Å². The Bertz CT molecular complexity index is 610. The third-order valence-electron chi connectivity index (χ3n) is 4.01. The third-order valence-corrected chi connectivity index (χ3v) is 4.01. The van der Waals surface area contributed by atoms with E-state index in [1.807, 2.05) is 30.3 Å². The largest absolute Gasteiger partial charge is 0.395 e. The number of likely N-dealkylation sites (N-methyl/N-ethyl adjacent to an activating group) is 1. The van der Waals surface area contributed by atoms with E-state index in [-0.39, 0.29) is 18.4 Å².